The molecule has 1 aliphatic heterocycles. The highest BCUT2D eigenvalue weighted by atomic mass is 79.9. The zero-order chi connectivity index (χ0) is 12.1. The van der Waals surface area contributed by atoms with E-state index < -0.39 is 0 Å². The fourth-order valence-electron chi connectivity index (χ4n) is 1.92. The number of carbonyl (C=O) groups excluding carboxylic acids is 1. The van der Waals surface area contributed by atoms with Gasteiger partial charge in [-0.3, -0.25) is 4.79 Å². The minimum absolute atomic E-state index is 0.0394. The van der Waals surface area contributed by atoms with Crippen LogP contribution in [0.1, 0.15) is 40.0 Å². The van der Waals surface area contributed by atoms with Crippen LogP contribution in [0.4, 0.5) is 0 Å². The van der Waals surface area contributed by atoms with Gasteiger partial charge in [0.15, 0.2) is 0 Å². The highest BCUT2D eigenvalue weighted by Crippen LogP contribution is 2.19. The topological polar surface area (TPSA) is 38.3 Å². The van der Waals surface area contributed by atoms with Crippen molar-refractivity contribution in [2.24, 2.45) is 5.92 Å². The molecule has 0 radical (unpaired) electrons. The average Bonchev–Trinajstić information content (AvgIpc) is 2.60. The van der Waals surface area contributed by atoms with E-state index in [0.29, 0.717) is 17.3 Å². The van der Waals surface area contributed by atoms with Gasteiger partial charge in [0, 0.05) is 11.4 Å². The Bertz CT molecular complexity index is 233. The standard InChI is InChI=1S/C12H22BrNO2/c1-8(2)6-10(13)7-14-12(15)11-5-4-9(3)16-11/h8-11H,4-7H2,1-3H3,(H,14,15). The summed E-state index contributed by atoms with van der Waals surface area (Å²) in [6.45, 7) is 7.06. The van der Waals surface area contributed by atoms with Crippen LogP contribution in [0.2, 0.25) is 0 Å². The smallest absolute Gasteiger partial charge is 0.249 e. The van der Waals surface area contributed by atoms with Crippen LogP contribution >= 0.6 is 15.9 Å². The first kappa shape index (κ1) is 14.0. The van der Waals surface area contributed by atoms with Gasteiger partial charge in [-0.1, -0.05) is 29.8 Å². The number of nitrogens with one attached hydrogen (secondary N) is 1. The van der Waals surface area contributed by atoms with Crippen molar-refractivity contribution < 1.29 is 9.53 Å². The third-order valence-electron chi connectivity index (χ3n) is 2.75. The molecule has 0 saturated carbocycles. The van der Waals surface area contributed by atoms with Crippen LogP contribution in [0, 0.1) is 5.92 Å². The predicted molar refractivity (Wildman–Crippen MR) is 68.7 cm³/mol. The fraction of sp³-hybridized carbons (Fsp3) is 0.917. The summed E-state index contributed by atoms with van der Waals surface area (Å²) in [5.41, 5.74) is 0. The maximum atomic E-state index is 11.7. The zero-order valence-corrected chi connectivity index (χ0v) is 11.9. The molecule has 1 rings (SSSR count). The Hall–Kier alpha value is -0.0900. The molecule has 0 bridgehead atoms. The molecular formula is C12H22BrNO2. The molecule has 4 heteroatoms. The molecule has 0 aliphatic carbocycles. The van der Waals surface area contributed by atoms with Gasteiger partial charge in [-0.25, -0.2) is 0 Å². The van der Waals surface area contributed by atoms with E-state index in [1.807, 2.05) is 6.92 Å². The van der Waals surface area contributed by atoms with E-state index in [4.69, 9.17) is 4.74 Å². The highest BCUT2D eigenvalue weighted by molar-refractivity contribution is 9.09. The summed E-state index contributed by atoms with van der Waals surface area (Å²) in [6, 6.07) is 0. The van der Waals surface area contributed by atoms with E-state index in [2.05, 4.69) is 35.1 Å². The number of alkyl halides is 1. The quantitative estimate of drug-likeness (QED) is 0.791. The molecule has 1 aliphatic rings. The first-order chi connectivity index (χ1) is 7.49. The Balaban J connectivity index is 2.19. The summed E-state index contributed by atoms with van der Waals surface area (Å²) in [5.74, 6) is 0.682. The third-order valence-corrected chi connectivity index (χ3v) is 3.45. The van der Waals surface area contributed by atoms with E-state index in [0.717, 1.165) is 19.3 Å². The molecule has 0 aromatic carbocycles. The van der Waals surface area contributed by atoms with E-state index in [-0.39, 0.29) is 18.1 Å². The summed E-state index contributed by atoms with van der Waals surface area (Å²) in [4.78, 5) is 12.1. The monoisotopic (exact) mass is 291 g/mol. The van der Waals surface area contributed by atoms with E-state index in [9.17, 15) is 4.79 Å². The predicted octanol–water partition coefficient (Wildman–Crippen LogP) is 2.48. The van der Waals surface area contributed by atoms with Crippen molar-refractivity contribution in [3.63, 3.8) is 0 Å². The van der Waals surface area contributed by atoms with Gasteiger partial charge in [-0.05, 0) is 32.1 Å². The van der Waals surface area contributed by atoms with Crippen molar-refractivity contribution in [3.8, 4) is 0 Å². The lowest BCUT2D eigenvalue weighted by Crippen LogP contribution is -2.38. The van der Waals surface area contributed by atoms with Crippen molar-refractivity contribution in [1.82, 2.24) is 5.32 Å². The fourth-order valence-corrected chi connectivity index (χ4v) is 2.83. The van der Waals surface area contributed by atoms with Gasteiger partial charge >= 0.3 is 0 Å². The van der Waals surface area contributed by atoms with Crippen LogP contribution in [0.5, 0.6) is 0 Å². The Morgan fingerprint density at radius 2 is 2.19 bits per heavy atom. The minimum Gasteiger partial charge on any atom is -0.365 e. The average molecular weight is 292 g/mol. The van der Waals surface area contributed by atoms with E-state index in [1.165, 1.54) is 0 Å². The Kier molecular flexibility index (Phi) is 5.76. The Morgan fingerprint density at radius 3 is 2.69 bits per heavy atom. The molecule has 0 spiro atoms. The second kappa shape index (κ2) is 6.60. The molecule has 1 amide bonds. The van der Waals surface area contributed by atoms with Crippen molar-refractivity contribution in [2.75, 3.05) is 6.54 Å². The number of carbonyl (C=O) groups is 1. The molecular weight excluding hydrogens is 270 g/mol. The second-order valence-corrected chi connectivity index (χ2v) is 6.28. The van der Waals surface area contributed by atoms with Gasteiger partial charge in [0.05, 0.1) is 6.10 Å². The van der Waals surface area contributed by atoms with Crippen LogP contribution in [0.15, 0.2) is 0 Å². The minimum atomic E-state index is -0.228. The molecule has 1 fully saturated rings. The largest absolute Gasteiger partial charge is 0.365 e. The molecule has 1 N–H and O–H groups in total. The number of hydrogen-bond donors (Lipinski definition) is 1. The first-order valence-electron chi connectivity index (χ1n) is 6.06. The van der Waals surface area contributed by atoms with Crippen LogP contribution in [0.25, 0.3) is 0 Å². The van der Waals surface area contributed by atoms with Crippen molar-refractivity contribution in [2.45, 2.75) is 57.1 Å². The van der Waals surface area contributed by atoms with Crippen molar-refractivity contribution in [1.29, 1.82) is 0 Å². The number of ether oxygens (including phenoxy) is 1. The van der Waals surface area contributed by atoms with E-state index in [1.54, 1.807) is 0 Å². The Morgan fingerprint density at radius 1 is 1.50 bits per heavy atom. The summed E-state index contributed by atoms with van der Waals surface area (Å²) < 4.78 is 5.51. The molecule has 94 valence electrons. The molecule has 3 atom stereocenters. The van der Waals surface area contributed by atoms with Gasteiger partial charge in [0.2, 0.25) is 5.91 Å². The van der Waals surface area contributed by atoms with Gasteiger partial charge in [-0.2, -0.15) is 0 Å². The molecule has 3 nitrogen and oxygen atoms in total. The normalized spacial score (nSPS) is 27.1. The Labute approximate surface area is 106 Å². The van der Waals surface area contributed by atoms with Gasteiger partial charge in [0.25, 0.3) is 0 Å². The van der Waals surface area contributed by atoms with Gasteiger partial charge < -0.3 is 10.1 Å². The SMILES string of the molecule is CC(C)CC(Br)CNC(=O)C1CCC(C)O1. The highest BCUT2D eigenvalue weighted by Gasteiger charge is 2.28. The lowest BCUT2D eigenvalue weighted by atomic mass is 10.1. The maximum absolute atomic E-state index is 11.7. The summed E-state index contributed by atoms with van der Waals surface area (Å²) in [6.07, 6.45) is 2.91. The first-order valence-corrected chi connectivity index (χ1v) is 6.97. The lowest BCUT2D eigenvalue weighted by Gasteiger charge is -2.15. The number of amides is 1. The van der Waals surface area contributed by atoms with Crippen LogP contribution in [-0.4, -0.2) is 29.5 Å². The molecule has 1 saturated heterocycles. The molecule has 3 unspecified atom stereocenters. The van der Waals surface area contributed by atoms with E-state index >= 15 is 0 Å². The number of halogens is 1. The third kappa shape index (κ3) is 4.83. The lowest BCUT2D eigenvalue weighted by molar-refractivity contribution is -0.131. The molecule has 0 aromatic rings. The molecule has 0 aromatic heterocycles. The molecule has 16 heavy (non-hydrogen) atoms. The number of hydrogen-bond acceptors (Lipinski definition) is 2. The molecule has 1 heterocycles. The summed E-state index contributed by atoms with van der Waals surface area (Å²) in [5, 5.41) is 2.94. The second-order valence-electron chi connectivity index (χ2n) is 4.98. The van der Waals surface area contributed by atoms with Crippen LogP contribution in [-0.2, 0) is 9.53 Å². The summed E-state index contributed by atoms with van der Waals surface area (Å²) in [7, 11) is 0. The van der Waals surface area contributed by atoms with Crippen molar-refractivity contribution in [3.05, 3.63) is 0 Å². The summed E-state index contributed by atoms with van der Waals surface area (Å²) >= 11 is 3.57. The van der Waals surface area contributed by atoms with Crippen LogP contribution in [0.3, 0.4) is 0 Å². The maximum Gasteiger partial charge on any atom is 0.249 e. The zero-order valence-electron chi connectivity index (χ0n) is 10.3. The van der Waals surface area contributed by atoms with Crippen molar-refractivity contribution >= 4 is 21.8 Å². The van der Waals surface area contributed by atoms with Gasteiger partial charge in [0.1, 0.15) is 6.10 Å². The number of rotatable bonds is 5. The van der Waals surface area contributed by atoms with Crippen LogP contribution < -0.4 is 5.32 Å². The van der Waals surface area contributed by atoms with Gasteiger partial charge in [-0.15, -0.1) is 0 Å².